The summed E-state index contributed by atoms with van der Waals surface area (Å²) < 4.78 is 0. The number of hydrogen-bond acceptors (Lipinski definition) is 3. The highest BCUT2D eigenvalue weighted by atomic mass is 32.1. The molecule has 0 amide bonds. The zero-order valence-electron chi connectivity index (χ0n) is 10.5. The van der Waals surface area contributed by atoms with Crippen LogP contribution in [0.4, 0.5) is 5.13 Å². The minimum Gasteiger partial charge on any atom is -0.375 e. The summed E-state index contributed by atoms with van der Waals surface area (Å²) in [5, 5.41) is 3.37. The number of thiazole rings is 1. The molecule has 1 aliphatic rings. The number of nitrogen functional groups attached to an aromatic ring is 1. The topological polar surface area (TPSA) is 38.9 Å². The van der Waals surface area contributed by atoms with Crippen molar-refractivity contribution in [2.45, 2.75) is 18.8 Å². The van der Waals surface area contributed by atoms with E-state index in [4.69, 9.17) is 5.73 Å². The molecule has 0 spiro atoms. The Morgan fingerprint density at radius 1 is 1.11 bits per heavy atom. The summed E-state index contributed by atoms with van der Waals surface area (Å²) in [6.07, 6.45) is 2.21. The molecule has 0 fully saturated rings. The molecule has 3 aromatic rings. The first-order valence-corrected chi connectivity index (χ1v) is 7.37. The summed E-state index contributed by atoms with van der Waals surface area (Å²) in [6, 6.07) is 15.2. The molecule has 3 heteroatoms. The van der Waals surface area contributed by atoms with E-state index in [0.29, 0.717) is 11.0 Å². The SMILES string of the molecule is Nc1nc2c(s1)C(c1cccc3ccccc13)CC2. The van der Waals surface area contributed by atoms with Gasteiger partial charge in [-0.05, 0) is 29.2 Å². The molecule has 0 bridgehead atoms. The van der Waals surface area contributed by atoms with Gasteiger partial charge in [0.1, 0.15) is 0 Å². The molecule has 2 N–H and O–H groups in total. The van der Waals surface area contributed by atoms with Crippen molar-refractivity contribution in [2.24, 2.45) is 0 Å². The number of aromatic nitrogens is 1. The zero-order chi connectivity index (χ0) is 12.8. The smallest absolute Gasteiger partial charge is 0.180 e. The fourth-order valence-corrected chi connectivity index (χ4v) is 4.13. The molecule has 1 aromatic heterocycles. The molecule has 1 aliphatic carbocycles. The number of hydrogen-bond donors (Lipinski definition) is 1. The first kappa shape index (κ1) is 11.0. The van der Waals surface area contributed by atoms with E-state index in [1.807, 2.05) is 0 Å². The first-order valence-electron chi connectivity index (χ1n) is 6.55. The van der Waals surface area contributed by atoms with E-state index < -0.39 is 0 Å². The lowest BCUT2D eigenvalue weighted by Gasteiger charge is -2.13. The standard InChI is InChI=1S/C16H14N2S/c17-16-18-14-9-8-13(15(14)19-16)12-7-3-5-10-4-1-2-6-11(10)12/h1-7,13H,8-9H2,(H2,17,18). The van der Waals surface area contributed by atoms with Gasteiger partial charge in [-0.2, -0.15) is 0 Å². The molecule has 2 aromatic carbocycles. The second-order valence-corrected chi connectivity index (χ2v) is 6.08. The van der Waals surface area contributed by atoms with Gasteiger partial charge < -0.3 is 5.73 Å². The number of aryl methyl sites for hydroxylation is 1. The minimum absolute atomic E-state index is 0.468. The van der Waals surface area contributed by atoms with Crippen LogP contribution in [0.2, 0.25) is 0 Å². The third-order valence-electron chi connectivity index (χ3n) is 3.93. The van der Waals surface area contributed by atoms with E-state index in [9.17, 15) is 0 Å². The van der Waals surface area contributed by atoms with Crippen LogP contribution in [0, 0.1) is 0 Å². The van der Waals surface area contributed by atoms with Crippen LogP contribution >= 0.6 is 11.3 Å². The molecule has 19 heavy (non-hydrogen) atoms. The van der Waals surface area contributed by atoms with Gasteiger partial charge in [-0.3, -0.25) is 0 Å². The Hall–Kier alpha value is -1.87. The molecular weight excluding hydrogens is 252 g/mol. The predicted molar refractivity (Wildman–Crippen MR) is 80.6 cm³/mol. The van der Waals surface area contributed by atoms with Crippen LogP contribution < -0.4 is 5.73 Å². The second-order valence-electron chi connectivity index (χ2n) is 5.02. The van der Waals surface area contributed by atoms with Crippen molar-refractivity contribution in [3.63, 3.8) is 0 Å². The number of nitrogens with zero attached hydrogens (tertiary/aromatic N) is 1. The summed E-state index contributed by atoms with van der Waals surface area (Å²) >= 11 is 1.66. The highest BCUT2D eigenvalue weighted by Gasteiger charge is 2.28. The molecule has 2 nitrogen and oxygen atoms in total. The molecular formula is C16H14N2S. The fraction of sp³-hybridized carbons (Fsp3) is 0.188. The van der Waals surface area contributed by atoms with Gasteiger partial charge in [-0.15, -0.1) is 11.3 Å². The van der Waals surface area contributed by atoms with E-state index in [1.54, 1.807) is 11.3 Å². The molecule has 1 heterocycles. The number of nitrogens with two attached hydrogens (primary N) is 1. The molecule has 1 unspecified atom stereocenters. The Morgan fingerprint density at radius 2 is 1.95 bits per heavy atom. The van der Waals surface area contributed by atoms with Gasteiger partial charge >= 0.3 is 0 Å². The Balaban J connectivity index is 1.92. The maximum Gasteiger partial charge on any atom is 0.180 e. The van der Waals surface area contributed by atoms with Gasteiger partial charge in [0.2, 0.25) is 0 Å². The second kappa shape index (κ2) is 4.07. The molecule has 4 rings (SSSR count). The van der Waals surface area contributed by atoms with Gasteiger partial charge in [0.05, 0.1) is 5.69 Å². The van der Waals surface area contributed by atoms with E-state index in [-0.39, 0.29) is 0 Å². The highest BCUT2D eigenvalue weighted by molar-refractivity contribution is 7.15. The van der Waals surface area contributed by atoms with Crippen LogP contribution in [0.25, 0.3) is 10.8 Å². The van der Waals surface area contributed by atoms with Gasteiger partial charge in [0, 0.05) is 10.8 Å². The van der Waals surface area contributed by atoms with Crippen molar-refractivity contribution in [3.8, 4) is 0 Å². The lowest BCUT2D eigenvalue weighted by atomic mass is 9.93. The van der Waals surface area contributed by atoms with Crippen molar-refractivity contribution in [1.29, 1.82) is 0 Å². The highest BCUT2D eigenvalue weighted by Crippen LogP contribution is 2.44. The van der Waals surface area contributed by atoms with Crippen molar-refractivity contribution < 1.29 is 0 Å². The van der Waals surface area contributed by atoms with E-state index in [1.165, 1.54) is 26.9 Å². The third kappa shape index (κ3) is 1.65. The van der Waals surface area contributed by atoms with Crippen LogP contribution in [0.5, 0.6) is 0 Å². The number of fused-ring (bicyclic) bond motifs is 2. The molecule has 0 saturated carbocycles. The van der Waals surface area contributed by atoms with Crippen molar-refractivity contribution in [3.05, 3.63) is 58.6 Å². The summed E-state index contributed by atoms with van der Waals surface area (Å²) in [5.41, 5.74) is 8.48. The van der Waals surface area contributed by atoms with Crippen LogP contribution in [0.1, 0.15) is 28.5 Å². The predicted octanol–water partition coefficient (Wildman–Crippen LogP) is 3.96. The van der Waals surface area contributed by atoms with Crippen molar-refractivity contribution in [1.82, 2.24) is 4.98 Å². The molecule has 0 aliphatic heterocycles. The van der Waals surface area contributed by atoms with Gasteiger partial charge in [-0.25, -0.2) is 4.98 Å². The Kier molecular flexibility index (Phi) is 2.35. The molecule has 0 saturated heterocycles. The normalized spacial score (nSPS) is 17.8. The Morgan fingerprint density at radius 3 is 2.89 bits per heavy atom. The number of rotatable bonds is 1. The molecule has 1 atom stereocenters. The van der Waals surface area contributed by atoms with Gasteiger partial charge in [-0.1, -0.05) is 42.5 Å². The molecule has 0 radical (unpaired) electrons. The monoisotopic (exact) mass is 266 g/mol. The summed E-state index contributed by atoms with van der Waals surface area (Å²) in [4.78, 5) is 5.81. The van der Waals surface area contributed by atoms with Crippen LogP contribution in [-0.4, -0.2) is 4.98 Å². The van der Waals surface area contributed by atoms with Gasteiger partial charge in [0.15, 0.2) is 5.13 Å². The third-order valence-corrected chi connectivity index (χ3v) is 4.97. The Labute approximate surface area is 115 Å². The fourth-order valence-electron chi connectivity index (χ4n) is 3.10. The Bertz CT molecular complexity index is 755. The van der Waals surface area contributed by atoms with Crippen molar-refractivity contribution >= 4 is 27.2 Å². The van der Waals surface area contributed by atoms with Gasteiger partial charge in [0.25, 0.3) is 0 Å². The molecule has 94 valence electrons. The van der Waals surface area contributed by atoms with Crippen molar-refractivity contribution in [2.75, 3.05) is 5.73 Å². The average Bonchev–Trinajstić information content (AvgIpc) is 2.97. The summed E-state index contributed by atoms with van der Waals surface area (Å²) in [7, 11) is 0. The largest absolute Gasteiger partial charge is 0.375 e. The summed E-state index contributed by atoms with van der Waals surface area (Å²) in [5.74, 6) is 0.468. The van der Waals surface area contributed by atoms with E-state index in [2.05, 4.69) is 47.4 Å². The lowest BCUT2D eigenvalue weighted by molar-refractivity contribution is 0.796. The quantitative estimate of drug-likeness (QED) is 0.724. The van der Waals surface area contributed by atoms with E-state index in [0.717, 1.165) is 12.8 Å². The number of benzene rings is 2. The van der Waals surface area contributed by atoms with Crippen LogP contribution in [0.15, 0.2) is 42.5 Å². The minimum atomic E-state index is 0.468. The van der Waals surface area contributed by atoms with E-state index >= 15 is 0 Å². The maximum absolute atomic E-state index is 5.85. The first-order chi connectivity index (χ1) is 9.33. The van der Waals surface area contributed by atoms with Crippen LogP contribution in [0.3, 0.4) is 0 Å². The average molecular weight is 266 g/mol. The van der Waals surface area contributed by atoms with Crippen LogP contribution in [-0.2, 0) is 6.42 Å². The maximum atomic E-state index is 5.85. The zero-order valence-corrected chi connectivity index (χ0v) is 11.3. The summed E-state index contributed by atoms with van der Waals surface area (Å²) in [6.45, 7) is 0. The lowest BCUT2D eigenvalue weighted by Crippen LogP contribution is -1.95. The number of anilines is 1.